The van der Waals surface area contributed by atoms with Crippen molar-refractivity contribution in [2.45, 2.75) is 13.8 Å². The van der Waals surface area contributed by atoms with Gasteiger partial charge >= 0.3 is 0 Å². The van der Waals surface area contributed by atoms with Crippen LogP contribution in [0.2, 0.25) is 10.0 Å². The maximum atomic E-state index is 12.8. The summed E-state index contributed by atoms with van der Waals surface area (Å²) in [5.74, 6) is -0.156. The number of carbonyl (C=O) groups is 1. The van der Waals surface area contributed by atoms with Crippen LogP contribution in [0.3, 0.4) is 0 Å². The SMILES string of the molecule is Cc1cc(C)c2oc(-c3cc(NC(=S)NC(=O)c4sc5cc(Cl)ccc5c4Cl)ccc3O)nc2c1. The summed E-state index contributed by atoms with van der Waals surface area (Å²) in [4.78, 5) is 17.7. The third kappa shape index (κ3) is 4.58. The first-order valence-electron chi connectivity index (χ1n) is 10.4. The molecule has 0 fully saturated rings. The molecule has 3 aromatic carbocycles. The summed E-state index contributed by atoms with van der Waals surface area (Å²) in [6.45, 7) is 3.93. The molecular formula is C25H17Cl2N3O3S2. The van der Waals surface area contributed by atoms with E-state index in [9.17, 15) is 9.90 Å². The normalized spacial score (nSPS) is 11.2. The summed E-state index contributed by atoms with van der Waals surface area (Å²) in [6, 6.07) is 14.0. The number of thiocarbonyl (C=S) groups is 1. The summed E-state index contributed by atoms with van der Waals surface area (Å²) in [5.41, 5.74) is 4.32. The van der Waals surface area contributed by atoms with Crippen molar-refractivity contribution in [2.24, 2.45) is 0 Å². The second kappa shape index (κ2) is 9.13. The second-order valence-corrected chi connectivity index (χ2v) is 10.2. The molecule has 0 aliphatic carbocycles. The number of oxazole rings is 1. The molecule has 35 heavy (non-hydrogen) atoms. The van der Waals surface area contributed by atoms with Gasteiger partial charge < -0.3 is 14.8 Å². The molecule has 0 spiro atoms. The number of aryl methyl sites for hydroxylation is 2. The predicted octanol–water partition coefficient (Wildman–Crippen LogP) is 7.47. The molecule has 5 aromatic rings. The van der Waals surface area contributed by atoms with E-state index >= 15 is 0 Å². The smallest absolute Gasteiger partial charge is 0.269 e. The van der Waals surface area contributed by atoms with E-state index in [0.29, 0.717) is 37.3 Å². The van der Waals surface area contributed by atoms with Crippen LogP contribution in [-0.4, -0.2) is 21.1 Å². The Hall–Kier alpha value is -3.17. The number of aromatic nitrogens is 1. The number of phenols is 1. The zero-order chi connectivity index (χ0) is 24.9. The monoisotopic (exact) mass is 541 g/mol. The van der Waals surface area contributed by atoms with E-state index < -0.39 is 5.91 Å². The van der Waals surface area contributed by atoms with Crippen molar-refractivity contribution in [3.8, 4) is 17.2 Å². The number of carbonyl (C=O) groups excluding carboxylic acids is 1. The zero-order valence-corrected chi connectivity index (χ0v) is 21.5. The quantitative estimate of drug-likeness (QED) is 0.162. The highest BCUT2D eigenvalue weighted by atomic mass is 35.5. The Morgan fingerprint density at radius 2 is 1.91 bits per heavy atom. The Bertz CT molecular complexity index is 1660. The summed E-state index contributed by atoms with van der Waals surface area (Å²) < 4.78 is 6.73. The molecule has 0 saturated carbocycles. The van der Waals surface area contributed by atoms with Gasteiger partial charge in [-0.2, -0.15) is 0 Å². The van der Waals surface area contributed by atoms with E-state index in [4.69, 9.17) is 39.8 Å². The van der Waals surface area contributed by atoms with Crippen LogP contribution in [-0.2, 0) is 0 Å². The number of nitrogens with zero attached hydrogens (tertiary/aromatic N) is 1. The topological polar surface area (TPSA) is 87.4 Å². The molecule has 0 bridgehead atoms. The Morgan fingerprint density at radius 1 is 1.11 bits per heavy atom. The first kappa shape index (κ1) is 23.6. The van der Waals surface area contributed by atoms with Crippen LogP contribution >= 0.6 is 46.8 Å². The lowest BCUT2D eigenvalue weighted by atomic mass is 10.1. The van der Waals surface area contributed by atoms with Crippen LogP contribution in [0.25, 0.3) is 32.6 Å². The lowest BCUT2D eigenvalue weighted by molar-refractivity contribution is 0.0982. The Kier molecular flexibility index (Phi) is 6.14. The minimum atomic E-state index is -0.436. The van der Waals surface area contributed by atoms with Gasteiger partial charge in [-0.25, -0.2) is 4.98 Å². The minimum absolute atomic E-state index is 0.00199. The van der Waals surface area contributed by atoms with Gasteiger partial charge in [-0.15, -0.1) is 11.3 Å². The number of aromatic hydroxyl groups is 1. The Morgan fingerprint density at radius 3 is 2.71 bits per heavy atom. The van der Waals surface area contributed by atoms with Crippen molar-refractivity contribution >= 4 is 84.6 Å². The molecule has 0 aliphatic heterocycles. The predicted molar refractivity (Wildman–Crippen MR) is 146 cm³/mol. The highest BCUT2D eigenvalue weighted by Crippen LogP contribution is 2.37. The van der Waals surface area contributed by atoms with E-state index in [2.05, 4.69) is 15.6 Å². The first-order chi connectivity index (χ1) is 16.7. The van der Waals surface area contributed by atoms with E-state index in [1.165, 1.54) is 17.4 Å². The number of thiophene rings is 1. The van der Waals surface area contributed by atoms with Gasteiger partial charge in [0.05, 0.1) is 10.6 Å². The summed E-state index contributed by atoms with van der Waals surface area (Å²) in [5, 5.41) is 17.8. The molecule has 0 unspecified atom stereocenters. The van der Waals surface area contributed by atoms with Crippen molar-refractivity contribution in [3.63, 3.8) is 0 Å². The number of fused-ring (bicyclic) bond motifs is 2. The number of hydrogen-bond acceptors (Lipinski definition) is 6. The van der Waals surface area contributed by atoms with Gasteiger partial charge in [-0.05, 0) is 73.6 Å². The lowest BCUT2D eigenvalue weighted by Crippen LogP contribution is -2.33. The molecule has 176 valence electrons. The van der Waals surface area contributed by atoms with Gasteiger partial charge in [-0.3, -0.25) is 10.1 Å². The molecule has 0 radical (unpaired) electrons. The fraction of sp³-hybridized carbons (Fsp3) is 0.0800. The average Bonchev–Trinajstić information content (AvgIpc) is 3.36. The number of nitrogens with one attached hydrogen (secondary N) is 2. The Balaban J connectivity index is 1.37. The summed E-state index contributed by atoms with van der Waals surface area (Å²) in [6.07, 6.45) is 0. The van der Waals surface area contributed by atoms with Gasteiger partial charge in [-0.1, -0.05) is 35.3 Å². The fourth-order valence-corrected chi connectivity index (χ4v) is 5.68. The van der Waals surface area contributed by atoms with E-state index in [-0.39, 0.29) is 16.8 Å². The van der Waals surface area contributed by atoms with Crippen LogP contribution in [0, 0.1) is 13.8 Å². The molecule has 2 heterocycles. The average molecular weight is 542 g/mol. The number of hydrogen-bond donors (Lipinski definition) is 3. The number of rotatable bonds is 3. The van der Waals surface area contributed by atoms with Crippen molar-refractivity contribution in [3.05, 3.63) is 74.6 Å². The highest BCUT2D eigenvalue weighted by Gasteiger charge is 2.19. The minimum Gasteiger partial charge on any atom is -0.507 e. The maximum Gasteiger partial charge on any atom is 0.269 e. The van der Waals surface area contributed by atoms with Crippen LogP contribution in [0.1, 0.15) is 20.8 Å². The third-order valence-electron chi connectivity index (χ3n) is 5.33. The molecule has 0 saturated heterocycles. The number of phenolic OH excluding ortho intramolecular Hbond substituents is 1. The molecule has 10 heteroatoms. The highest BCUT2D eigenvalue weighted by molar-refractivity contribution is 7.80. The zero-order valence-electron chi connectivity index (χ0n) is 18.4. The van der Waals surface area contributed by atoms with Crippen molar-refractivity contribution in [1.29, 1.82) is 0 Å². The van der Waals surface area contributed by atoms with E-state index in [1.807, 2.05) is 26.0 Å². The van der Waals surface area contributed by atoms with Gasteiger partial charge in [0, 0.05) is 20.8 Å². The van der Waals surface area contributed by atoms with E-state index in [1.54, 1.807) is 30.3 Å². The molecular weight excluding hydrogens is 525 g/mol. The number of halogens is 2. The van der Waals surface area contributed by atoms with Crippen molar-refractivity contribution in [1.82, 2.24) is 10.3 Å². The largest absolute Gasteiger partial charge is 0.507 e. The van der Waals surface area contributed by atoms with Gasteiger partial charge in [0.25, 0.3) is 5.91 Å². The Labute approximate surface area is 219 Å². The van der Waals surface area contributed by atoms with Crippen LogP contribution in [0.5, 0.6) is 5.75 Å². The van der Waals surface area contributed by atoms with Crippen molar-refractivity contribution < 1.29 is 14.3 Å². The van der Waals surface area contributed by atoms with Crippen LogP contribution in [0.4, 0.5) is 5.69 Å². The molecule has 3 N–H and O–H groups in total. The standard InChI is InChI=1S/C25H17Cl2N3O3S2/c1-11-7-12(2)21-17(8-11)29-24(33-21)16-10-14(4-6-18(16)31)28-25(34)30-23(32)22-20(27)15-5-3-13(26)9-19(15)35-22/h3-10,31H,1-2H3,(H2,28,30,32,34). The van der Waals surface area contributed by atoms with E-state index in [0.717, 1.165) is 21.2 Å². The molecule has 0 atom stereocenters. The number of anilines is 1. The summed E-state index contributed by atoms with van der Waals surface area (Å²) in [7, 11) is 0. The number of amides is 1. The maximum absolute atomic E-state index is 12.8. The molecule has 6 nitrogen and oxygen atoms in total. The van der Waals surface area contributed by atoms with Gasteiger partial charge in [0.1, 0.15) is 16.1 Å². The molecule has 5 rings (SSSR count). The fourth-order valence-electron chi connectivity index (χ4n) is 3.78. The van der Waals surface area contributed by atoms with Crippen molar-refractivity contribution in [2.75, 3.05) is 5.32 Å². The summed E-state index contributed by atoms with van der Waals surface area (Å²) >= 11 is 19.0. The lowest BCUT2D eigenvalue weighted by Gasteiger charge is -2.10. The third-order valence-corrected chi connectivity index (χ3v) is 7.42. The van der Waals surface area contributed by atoms with Crippen LogP contribution in [0.15, 0.2) is 52.9 Å². The van der Waals surface area contributed by atoms with Gasteiger partial charge in [0.15, 0.2) is 10.7 Å². The number of benzene rings is 3. The molecule has 0 aliphatic rings. The van der Waals surface area contributed by atoms with Gasteiger partial charge in [0.2, 0.25) is 5.89 Å². The first-order valence-corrected chi connectivity index (χ1v) is 12.4. The second-order valence-electron chi connectivity index (χ2n) is 7.97. The molecule has 1 amide bonds. The van der Waals surface area contributed by atoms with Crippen LogP contribution < -0.4 is 10.6 Å². The molecule has 2 aromatic heterocycles.